The van der Waals surface area contributed by atoms with Gasteiger partial charge < -0.3 is 10.2 Å². The fourth-order valence-corrected chi connectivity index (χ4v) is 2.23. The van der Waals surface area contributed by atoms with Crippen LogP contribution in [-0.4, -0.2) is 35.5 Å². The molecule has 1 N–H and O–H groups in total. The van der Waals surface area contributed by atoms with Crippen LogP contribution in [0.25, 0.3) is 0 Å². The van der Waals surface area contributed by atoms with Crippen molar-refractivity contribution in [1.82, 2.24) is 10.2 Å². The summed E-state index contributed by atoms with van der Waals surface area (Å²) >= 11 is 0. The zero-order chi connectivity index (χ0) is 13.3. The fraction of sp³-hybridized carbons (Fsp3) is 0.500. The SMILES string of the molecule is CC1CNC(C)(C)CN1C(=O)c1cccc(F)c1. The lowest BCUT2D eigenvalue weighted by Crippen LogP contribution is -2.62. The Bertz CT molecular complexity index is 459. The Morgan fingerprint density at radius 1 is 1.50 bits per heavy atom. The molecule has 3 nitrogen and oxygen atoms in total. The van der Waals surface area contributed by atoms with E-state index in [-0.39, 0.29) is 23.3 Å². The monoisotopic (exact) mass is 250 g/mol. The van der Waals surface area contributed by atoms with Gasteiger partial charge in [0, 0.05) is 30.2 Å². The molecule has 1 fully saturated rings. The van der Waals surface area contributed by atoms with Gasteiger partial charge in [-0.05, 0) is 39.0 Å². The van der Waals surface area contributed by atoms with Crippen LogP contribution in [0.1, 0.15) is 31.1 Å². The molecule has 0 aliphatic carbocycles. The van der Waals surface area contributed by atoms with Crippen LogP contribution >= 0.6 is 0 Å². The number of nitrogens with one attached hydrogen (secondary N) is 1. The molecule has 1 heterocycles. The molecule has 98 valence electrons. The van der Waals surface area contributed by atoms with E-state index in [1.165, 1.54) is 12.1 Å². The molecule has 1 aliphatic rings. The zero-order valence-corrected chi connectivity index (χ0v) is 11.0. The summed E-state index contributed by atoms with van der Waals surface area (Å²) in [5.74, 6) is -0.473. The molecule has 0 aromatic heterocycles. The lowest BCUT2D eigenvalue weighted by molar-refractivity contribution is 0.0533. The van der Waals surface area contributed by atoms with Crippen molar-refractivity contribution < 1.29 is 9.18 Å². The molecule has 2 rings (SSSR count). The Morgan fingerprint density at radius 3 is 2.89 bits per heavy atom. The number of hydrogen-bond acceptors (Lipinski definition) is 2. The van der Waals surface area contributed by atoms with Crippen LogP contribution in [0.15, 0.2) is 24.3 Å². The number of amides is 1. The van der Waals surface area contributed by atoms with Gasteiger partial charge in [-0.3, -0.25) is 4.79 Å². The highest BCUT2D eigenvalue weighted by molar-refractivity contribution is 5.94. The van der Waals surface area contributed by atoms with Crippen molar-refractivity contribution in [3.8, 4) is 0 Å². The van der Waals surface area contributed by atoms with Crippen molar-refractivity contribution in [3.05, 3.63) is 35.6 Å². The average molecular weight is 250 g/mol. The first-order chi connectivity index (χ1) is 8.39. The predicted molar refractivity (Wildman–Crippen MR) is 69.0 cm³/mol. The Kier molecular flexibility index (Phi) is 3.39. The first-order valence-corrected chi connectivity index (χ1v) is 6.21. The van der Waals surface area contributed by atoms with Crippen LogP contribution in [0.3, 0.4) is 0 Å². The van der Waals surface area contributed by atoms with Crippen LogP contribution < -0.4 is 5.32 Å². The summed E-state index contributed by atoms with van der Waals surface area (Å²) in [5.41, 5.74) is 0.315. The van der Waals surface area contributed by atoms with E-state index in [4.69, 9.17) is 0 Å². The summed E-state index contributed by atoms with van der Waals surface area (Å²) < 4.78 is 13.2. The van der Waals surface area contributed by atoms with E-state index in [2.05, 4.69) is 19.2 Å². The van der Waals surface area contributed by atoms with E-state index in [9.17, 15) is 9.18 Å². The van der Waals surface area contributed by atoms with Crippen LogP contribution in [0.2, 0.25) is 0 Å². The Labute approximate surface area is 107 Å². The predicted octanol–water partition coefficient (Wildman–Crippen LogP) is 2.04. The minimum absolute atomic E-state index is 0.100. The van der Waals surface area contributed by atoms with Gasteiger partial charge in [0.25, 0.3) is 5.91 Å². The summed E-state index contributed by atoms with van der Waals surface area (Å²) in [5, 5.41) is 3.39. The number of piperazine rings is 1. The summed E-state index contributed by atoms with van der Waals surface area (Å²) in [6, 6.07) is 5.99. The molecule has 0 saturated carbocycles. The zero-order valence-electron chi connectivity index (χ0n) is 11.0. The highest BCUT2D eigenvalue weighted by atomic mass is 19.1. The first-order valence-electron chi connectivity index (χ1n) is 6.21. The number of halogens is 1. The Morgan fingerprint density at radius 2 is 2.22 bits per heavy atom. The topological polar surface area (TPSA) is 32.3 Å². The van der Waals surface area contributed by atoms with Gasteiger partial charge in [0.1, 0.15) is 5.82 Å². The second kappa shape index (κ2) is 4.69. The van der Waals surface area contributed by atoms with E-state index in [0.717, 1.165) is 6.54 Å². The summed E-state index contributed by atoms with van der Waals surface area (Å²) in [6.45, 7) is 7.51. The third-order valence-electron chi connectivity index (χ3n) is 3.31. The maximum absolute atomic E-state index is 13.2. The Balaban J connectivity index is 2.22. The summed E-state index contributed by atoms with van der Waals surface area (Å²) in [4.78, 5) is 14.2. The van der Waals surface area contributed by atoms with Gasteiger partial charge in [-0.1, -0.05) is 6.07 Å². The molecule has 1 unspecified atom stereocenters. The molecule has 0 bridgehead atoms. The van der Waals surface area contributed by atoms with Crippen LogP contribution in [-0.2, 0) is 0 Å². The second-order valence-corrected chi connectivity index (χ2v) is 5.56. The molecule has 1 amide bonds. The summed E-state index contributed by atoms with van der Waals surface area (Å²) in [7, 11) is 0. The standard InChI is InChI=1S/C14H19FN2O/c1-10-8-16-14(2,3)9-17(10)13(18)11-5-4-6-12(15)7-11/h4-7,10,16H,8-9H2,1-3H3. The Hall–Kier alpha value is -1.42. The molecular formula is C14H19FN2O. The minimum Gasteiger partial charge on any atom is -0.333 e. The van der Waals surface area contributed by atoms with Crippen LogP contribution in [0.4, 0.5) is 4.39 Å². The highest BCUT2D eigenvalue weighted by Gasteiger charge is 2.33. The number of benzene rings is 1. The van der Waals surface area contributed by atoms with Gasteiger partial charge in [0.05, 0.1) is 0 Å². The number of rotatable bonds is 1. The number of carbonyl (C=O) groups is 1. The van der Waals surface area contributed by atoms with Crippen molar-refractivity contribution in [2.75, 3.05) is 13.1 Å². The summed E-state index contributed by atoms with van der Waals surface area (Å²) in [6.07, 6.45) is 0. The van der Waals surface area contributed by atoms with Gasteiger partial charge >= 0.3 is 0 Å². The number of nitrogens with zero attached hydrogens (tertiary/aromatic N) is 1. The van der Waals surface area contributed by atoms with E-state index < -0.39 is 0 Å². The molecular weight excluding hydrogens is 231 g/mol. The quantitative estimate of drug-likeness (QED) is 0.827. The van der Waals surface area contributed by atoms with E-state index in [1.54, 1.807) is 12.1 Å². The largest absolute Gasteiger partial charge is 0.333 e. The maximum Gasteiger partial charge on any atom is 0.254 e. The van der Waals surface area contributed by atoms with Gasteiger partial charge in [-0.2, -0.15) is 0 Å². The van der Waals surface area contributed by atoms with E-state index >= 15 is 0 Å². The van der Waals surface area contributed by atoms with Crippen molar-refractivity contribution in [3.63, 3.8) is 0 Å². The normalized spacial score (nSPS) is 22.9. The third kappa shape index (κ3) is 2.70. The number of hydrogen-bond donors (Lipinski definition) is 1. The van der Waals surface area contributed by atoms with E-state index in [1.807, 2.05) is 11.8 Å². The van der Waals surface area contributed by atoms with Crippen LogP contribution in [0, 0.1) is 5.82 Å². The molecule has 1 aromatic rings. The molecule has 1 aromatic carbocycles. The van der Waals surface area contributed by atoms with Gasteiger partial charge in [0.2, 0.25) is 0 Å². The molecule has 18 heavy (non-hydrogen) atoms. The average Bonchev–Trinajstić information content (AvgIpc) is 2.31. The molecule has 4 heteroatoms. The molecule has 1 atom stereocenters. The highest BCUT2D eigenvalue weighted by Crippen LogP contribution is 2.18. The van der Waals surface area contributed by atoms with E-state index in [0.29, 0.717) is 12.1 Å². The lowest BCUT2D eigenvalue weighted by Gasteiger charge is -2.43. The molecule has 0 spiro atoms. The third-order valence-corrected chi connectivity index (χ3v) is 3.31. The van der Waals surface area contributed by atoms with Crippen molar-refractivity contribution in [2.24, 2.45) is 0 Å². The maximum atomic E-state index is 13.2. The smallest absolute Gasteiger partial charge is 0.254 e. The molecule has 1 aliphatic heterocycles. The van der Waals surface area contributed by atoms with Gasteiger partial charge in [0.15, 0.2) is 0 Å². The van der Waals surface area contributed by atoms with Gasteiger partial charge in [-0.25, -0.2) is 4.39 Å². The minimum atomic E-state index is -0.372. The first kappa shape index (κ1) is 13.0. The van der Waals surface area contributed by atoms with Gasteiger partial charge in [-0.15, -0.1) is 0 Å². The van der Waals surface area contributed by atoms with Crippen molar-refractivity contribution in [1.29, 1.82) is 0 Å². The molecule has 1 saturated heterocycles. The van der Waals surface area contributed by atoms with Crippen molar-refractivity contribution in [2.45, 2.75) is 32.4 Å². The fourth-order valence-electron chi connectivity index (χ4n) is 2.23. The number of carbonyl (C=O) groups excluding carboxylic acids is 1. The lowest BCUT2D eigenvalue weighted by atomic mass is 9.98. The second-order valence-electron chi connectivity index (χ2n) is 5.56. The molecule has 0 radical (unpaired) electrons. The van der Waals surface area contributed by atoms with Crippen molar-refractivity contribution >= 4 is 5.91 Å². The van der Waals surface area contributed by atoms with Crippen LogP contribution in [0.5, 0.6) is 0 Å².